The molecule has 2 nitrogen and oxygen atoms in total. The molecule has 0 bridgehead atoms. The first-order valence-electron chi connectivity index (χ1n) is 5.19. The molecule has 1 rings (SSSR count). The molecule has 12 heavy (non-hydrogen) atoms. The van der Waals surface area contributed by atoms with Gasteiger partial charge < -0.3 is 10.2 Å². The maximum atomic E-state index is 3.60. The topological polar surface area (TPSA) is 15.3 Å². The third-order valence-corrected chi connectivity index (χ3v) is 2.76. The predicted molar refractivity (Wildman–Crippen MR) is 53.4 cm³/mol. The van der Waals surface area contributed by atoms with Crippen LogP contribution in [0.2, 0.25) is 0 Å². The minimum absolute atomic E-state index is 0.701. The molecule has 0 aromatic heterocycles. The zero-order valence-electron chi connectivity index (χ0n) is 8.64. The molecule has 1 aliphatic rings. The Kier molecular flexibility index (Phi) is 4.02. The molecule has 0 spiro atoms. The Hall–Kier alpha value is -0.0800. The molecule has 72 valence electrons. The van der Waals surface area contributed by atoms with E-state index in [9.17, 15) is 0 Å². The number of rotatable bonds is 2. The lowest BCUT2D eigenvalue weighted by Gasteiger charge is -2.25. The van der Waals surface area contributed by atoms with Crippen LogP contribution in [0, 0.1) is 5.92 Å². The number of likely N-dealkylation sites (N-methyl/N-ethyl adjacent to an activating group) is 1. The van der Waals surface area contributed by atoms with Gasteiger partial charge in [-0.05, 0) is 32.0 Å². The van der Waals surface area contributed by atoms with Crippen LogP contribution < -0.4 is 5.32 Å². The van der Waals surface area contributed by atoms with E-state index in [1.54, 1.807) is 0 Å². The molecule has 1 unspecified atom stereocenters. The summed E-state index contributed by atoms with van der Waals surface area (Å²) in [7, 11) is 0. The van der Waals surface area contributed by atoms with Gasteiger partial charge in [0.05, 0.1) is 0 Å². The highest BCUT2D eigenvalue weighted by molar-refractivity contribution is 4.78. The highest BCUT2D eigenvalue weighted by atomic mass is 15.2. The smallest absolute Gasteiger partial charge is 0.0217 e. The van der Waals surface area contributed by atoms with Crippen LogP contribution in [0.5, 0.6) is 0 Å². The fourth-order valence-corrected chi connectivity index (χ4v) is 1.76. The number of hydrogen-bond acceptors (Lipinski definition) is 2. The summed E-state index contributed by atoms with van der Waals surface area (Å²) in [5.74, 6) is 0.761. The summed E-state index contributed by atoms with van der Waals surface area (Å²) in [6.07, 6.45) is 1.30. The van der Waals surface area contributed by atoms with E-state index in [1.165, 1.54) is 32.6 Å². The summed E-state index contributed by atoms with van der Waals surface area (Å²) >= 11 is 0. The first kappa shape index (κ1) is 10.0. The second-order valence-electron chi connectivity index (χ2n) is 4.05. The molecule has 0 aromatic rings. The van der Waals surface area contributed by atoms with E-state index in [2.05, 4.69) is 31.0 Å². The second-order valence-corrected chi connectivity index (χ2v) is 4.05. The van der Waals surface area contributed by atoms with Crippen molar-refractivity contribution in [3.63, 3.8) is 0 Å². The summed E-state index contributed by atoms with van der Waals surface area (Å²) in [4.78, 5) is 2.55. The molecular weight excluding hydrogens is 148 g/mol. The normalized spacial score (nSPS) is 27.5. The Balaban J connectivity index is 2.42. The van der Waals surface area contributed by atoms with Gasteiger partial charge >= 0.3 is 0 Å². The summed E-state index contributed by atoms with van der Waals surface area (Å²) in [5.41, 5.74) is 0. The molecule has 1 heterocycles. The fourth-order valence-electron chi connectivity index (χ4n) is 1.76. The standard InChI is InChI=1S/C10H22N2/c1-4-12-7-5-6-11-10(8-12)9(2)3/h9-11H,4-8H2,1-3H3. The maximum Gasteiger partial charge on any atom is 0.0217 e. The molecule has 0 amide bonds. The Morgan fingerprint density at radius 1 is 1.50 bits per heavy atom. The minimum atomic E-state index is 0.701. The second kappa shape index (κ2) is 4.83. The summed E-state index contributed by atoms with van der Waals surface area (Å²) in [6, 6.07) is 0.701. The SMILES string of the molecule is CCN1CCCNC(C(C)C)C1. The van der Waals surface area contributed by atoms with Crippen molar-refractivity contribution in [3.8, 4) is 0 Å². The number of nitrogens with zero attached hydrogens (tertiary/aromatic N) is 1. The van der Waals surface area contributed by atoms with Gasteiger partial charge in [0, 0.05) is 12.6 Å². The molecule has 0 radical (unpaired) electrons. The molecule has 2 heteroatoms. The van der Waals surface area contributed by atoms with Gasteiger partial charge in [0.15, 0.2) is 0 Å². The maximum absolute atomic E-state index is 3.60. The van der Waals surface area contributed by atoms with Crippen molar-refractivity contribution in [1.82, 2.24) is 10.2 Å². The van der Waals surface area contributed by atoms with E-state index >= 15 is 0 Å². The highest BCUT2D eigenvalue weighted by Gasteiger charge is 2.18. The van der Waals surface area contributed by atoms with Crippen molar-refractivity contribution in [2.75, 3.05) is 26.2 Å². The summed E-state index contributed by atoms with van der Waals surface area (Å²) in [5, 5.41) is 3.60. The summed E-state index contributed by atoms with van der Waals surface area (Å²) < 4.78 is 0. The van der Waals surface area contributed by atoms with Crippen LogP contribution in [-0.2, 0) is 0 Å². The molecule has 1 N–H and O–H groups in total. The molecule has 0 aliphatic carbocycles. The predicted octanol–water partition coefficient (Wildman–Crippen LogP) is 1.33. The quantitative estimate of drug-likeness (QED) is 0.672. The van der Waals surface area contributed by atoms with Gasteiger partial charge in [-0.15, -0.1) is 0 Å². The van der Waals surface area contributed by atoms with Crippen LogP contribution in [0.1, 0.15) is 27.2 Å². The lowest BCUT2D eigenvalue weighted by molar-refractivity contribution is 0.257. The fraction of sp³-hybridized carbons (Fsp3) is 1.00. The van der Waals surface area contributed by atoms with Crippen molar-refractivity contribution >= 4 is 0 Å². The first-order chi connectivity index (χ1) is 5.74. The van der Waals surface area contributed by atoms with Crippen LogP contribution >= 0.6 is 0 Å². The van der Waals surface area contributed by atoms with E-state index in [4.69, 9.17) is 0 Å². The van der Waals surface area contributed by atoms with Gasteiger partial charge in [-0.25, -0.2) is 0 Å². The van der Waals surface area contributed by atoms with Gasteiger partial charge in [0.2, 0.25) is 0 Å². The van der Waals surface area contributed by atoms with E-state index in [-0.39, 0.29) is 0 Å². The first-order valence-corrected chi connectivity index (χ1v) is 5.19. The highest BCUT2D eigenvalue weighted by Crippen LogP contribution is 2.07. The lowest BCUT2D eigenvalue weighted by atomic mass is 10.0. The molecule has 1 fully saturated rings. The van der Waals surface area contributed by atoms with Crippen molar-refractivity contribution in [2.45, 2.75) is 33.2 Å². The third kappa shape index (κ3) is 2.76. The largest absolute Gasteiger partial charge is 0.312 e. The minimum Gasteiger partial charge on any atom is -0.312 e. The van der Waals surface area contributed by atoms with E-state index in [0.29, 0.717) is 6.04 Å². The Morgan fingerprint density at radius 3 is 2.83 bits per heavy atom. The van der Waals surface area contributed by atoms with Gasteiger partial charge in [-0.2, -0.15) is 0 Å². The molecule has 1 atom stereocenters. The number of nitrogens with one attached hydrogen (secondary N) is 1. The molecule has 0 saturated carbocycles. The molecule has 0 aromatic carbocycles. The van der Waals surface area contributed by atoms with Crippen LogP contribution in [0.15, 0.2) is 0 Å². The van der Waals surface area contributed by atoms with E-state index in [0.717, 1.165) is 5.92 Å². The zero-order chi connectivity index (χ0) is 8.97. The molecule has 1 saturated heterocycles. The Bertz CT molecular complexity index is 123. The van der Waals surface area contributed by atoms with Crippen molar-refractivity contribution < 1.29 is 0 Å². The monoisotopic (exact) mass is 170 g/mol. The third-order valence-electron chi connectivity index (χ3n) is 2.76. The average Bonchev–Trinajstić information content (AvgIpc) is 2.28. The average molecular weight is 170 g/mol. The van der Waals surface area contributed by atoms with E-state index in [1.807, 2.05) is 0 Å². The van der Waals surface area contributed by atoms with Crippen molar-refractivity contribution in [2.24, 2.45) is 5.92 Å². The van der Waals surface area contributed by atoms with Crippen LogP contribution in [0.25, 0.3) is 0 Å². The van der Waals surface area contributed by atoms with Gasteiger partial charge in [-0.3, -0.25) is 0 Å². The number of hydrogen-bond donors (Lipinski definition) is 1. The zero-order valence-corrected chi connectivity index (χ0v) is 8.64. The van der Waals surface area contributed by atoms with Crippen molar-refractivity contribution in [1.29, 1.82) is 0 Å². The lowest BCUT2D eigenvalue weighted by Crippen LogP contribution is -2.41. The Morgan fingerprint density at radius 2 is 2.25 bits per heavy atom. The molecular formula is C10H22N2. The van der Waals surface area contributed by atoms with Gasteiger partial charge in [-0.1, -0.05) is 20.8 Å². The van der Waals surface area contributed by atoms with Gasteiger partial charge in [0.25, 0.3) is 0 Å². The van der Waals surface area contributed by atoms with Gasteiger partial charge in [0.1, 0.15) is 0 Å². The van der Waals surface area contributed by atoms with Crippen LogP contribution in [0.4, 0.5) is 0 Å². The summed E-state index contributed by atoms with van der Waals surface area (Å²) in [6.45, 7) is 11.8. The molecule has 1 aliphatic heterocycles. The van der Waals surface area contributed by atoms with E-state index < -0.39 is 0 Å². The van der Waals surface area contributed by atoms with Crippen LogP contribution in [0.3, 0.4) is 0 Å². The van der Waals surface area contributed by atoms with Crippen LogP contribution in [-0.4, -0.2) is 37.1 Å². The van der Waals surface area contributed by atoms with Crippen molar-refractivity contribution in [3.05, 3.63) is 0 Å². The Labute approximate surface area is 76.3 Å².